The molecule has 2 amide bonds. The Kier molecular flexibility index (Phi) is 4.80. The smallest absolute Gasteiger partial charge is 0.318 e. The highest BCUT2D eigenvalue weighted by Gasteiger charge is 2.40. The summed E-state index contributed by atoms with van der Waals surface area (Å²) in [5.41, 5.74) is 0.156. The fourth-order valence-electron chi connectivity index (χ4n) is 4.05. The number of hydroxylamine groups is 2. The molecule has 0 bridgehead atoms. The van der Waals surface area contributed by atoms with Crippen LogP contribution in [-0.2, 0) is 14.4 Å². The molecule has 166 valence electrons. The van der Waals surface area contributed by atoms with Crippen LogP contribution in [0.15, 0.2) is 71.6 Å². The molecule has 4 aromatic rings. The summed E-state index contributed by atoms with van der Waals surface area (Å²) in [6.07, 6.45) is 0. The van der Waals surface area contributed by atoms with Crippen LogP contribution in [0.3, 0.4) is 0 Å². The van der Waals surface area contributed by atoms with Gasteiger partial charge in [-0.05, 0) is 30.3 Å². The number of methoxy groups -OCH3 is 2. The molecule has 0 aliphatic carbocycles. The fraction of sp³-hybridized carbons (Fsp3) is 0.0833. The van der Waals surface area contributed by atoms with Crippen molar-refractivity contribution < 1.29 is 31.8 Å². The number of benzene rings is 4. The van der Waals surface area contributed by atoms with Gasteiger partial charge in [0.15, 0.2) is 0 Å². The average molecular weight is 463 g/mol. The van der Waals surface area contributed by atoms with E-state index in [2.05, 4.69) is 0 Å². The molecular weight excluding hydrogens is 446 g/mol. The minimum absolute atomic E-state index is 0.0779. The van der Waals surface area contributed by atoms with Gasteiger partial charge in [0.2, 0.25) is 0 Å². The Labute approximate surface area is 189 Å². The lowest BCUT2D eigenvalue weighted by atomic mass is 10.0. The second-order valence-corrected chi connectivity index (χ2v) is 8.83. The standard InChI is InChI=1S/C24H17NO7S/c1-30-21-15-7-3-4-8-16(15)22(31-2)20-13-14(11-12-17(20)21)33(28,29)32-25-23(26)18-9-5-6-10-19(18)24(25)27/h3-13H,1-2H3. The Morgan fingerprint density at radius 1 is 0.667 bits per heavy atom. The Hall–Kier alpha value is -3.95. The van der Waals surface area contributed by atoms with Crippen LogP contribution in [0.2, 0.25) is 0 Å². The van der Waals surface area contributed by atoms with E-state index in [0.717, 1.165) is 10.8 Å². The van der Waals surface area contributed by atoms with E-state index in [9.17, 15) is 18.0 Å². The fourth-order valence-corrected chi connectivity index (χ4v) is 4.96. The molecule has 0 radical (unpaired) electrons. The third-order valence-corrected chi connectivity index (χ3v) is 6.70. The third-order valence-electron chi connectivity index (χ3n) is 5.52. The summed E-state index contributed by atoms with van der Waals surface area (Å²) >= 11 is 0. The van der Waals surface area contributed by atoms with Crippen LogP contribution < -0.4 is 9.47 Å². The van der Waals surface area contributed by atoms with Crippen molar-refractivity contribution in [1.82, 2.24) is 5.06 Å². The van der Waals surface area contributed by atoms with Crippen molar-refractivity contribution in [3.63, 3.8) is 0 Å². The van der Waals surface area contributed by atoms with E-state index in [1.807, 2.05) is 24.3 Å². The van der Waals surface area contributed by atoms with Crippen LogP contribution in [0.25, 0.3) is 21.5 Å². The van der Waals surface area contributed by atoms with Gasteiger partial charge in [0.25, 0.3) is 11.8 Å². The Bertz CT molecular complexity index is 1540. The topological polar surface area (TPSA) is 99.2 Å². The second kappa shape index (κ2) is 7.58. The molecule has 9 heteroatoms. The summed E-state index contributed by atoms with van der Waals surface area (Å²) in [5, 5.41) is 2.91. The predicted octanol–water partition coefficient (Wildman–Crippen LogP) is 3.93. The molecule has 0 fully saturated rings. The second-order valence-electron chi connectivity index (χ2n) is 7.30. The molecule has 8 nitrogen and oxygen atoms in total. The molecule has 0 N–H and O–H groups in total. The highest BCUT2D eigenvalue weighted by atomic mass is 32.2. The van der Waals surface area contributed by atoms with Crippen LogP contribution in [0.1, 0.15) is 20.7 Å². The van der Waals surface area contributed by atoms with Crippen molar-refractivity contribution in [2.45, 2.75) is 4.90 Å². The monoisotopic (exact) mass is 463 g/mol. The Morgan fingerprint density at radius 2 is 1.15 bits per heavy atom. The minimum atomic E-state index is -4.53. The molecule has 33 heavy (non-hydrogen) atoms. The zero-order valence-electron chi connectivity index (χ0n) is 17.6. The highest BCUT2D eigenvalue weighted by Crippen LogP contribution is 2.43. The molecule has 1 aliphatic rings. The number of hydrogen-bond donors (Lipinski definition) is 0. The number of hydrogen-bond acceptors (Lipinski definition) is 7. The zero-order chi connectivity index (χ0) is 23.3. The first-order valence-electron chi connectivity index (χ1n) is 9.86. The predicted molar refractivity (Wildman–Crippen MR) is 120 cm³/mol. The van der Waals surface area contributed by atoms with Gasteiger partial charge >= 0.3 is 10.1 Å². The molecule has 4 aromatic carbocycles. The van der Waals surface area contributed by atoms with Crippen LogP contribution in [-0.4, -0.2) is 39.5 Å². The van der Waals surface area contributed by atoms with Gasteiger partial charge in [0.1, 0.15) is 11.5 Å². The molecule has 0 aromatic heterocycles. The Morgan fingerprint density at radius 3 is 1.70 bits per heavy atom. The van der Waals surface area contributed by atoms with Crippen molar-refractivity contribution in [1.29, 1.82) is 0 Å². The van der Waals surface area contributed by atoms with Gasteiger partial charge in [-0.1, -0.05) is 36.4 Å². The summed E-state index contributed by atoms with van der Waals surface area (Å²) in [7, 11) is -1.51. The molecule has 0 spiro atoms. The maximum Gasteiger partial charge on any atom is 0.318 e. The maximum absolute atomic E-state index is 13.1. The lowest BCUT2D eigenvalue weighted by Gasteiger charge is -2.17. The van der Waals surface area contributed by atoms with Crippen molar-refractivity contribution in [2.75, 3.05) is 14.2 Å². The van der Waals surface area contributed by atoms with Gasteiger partial charge in [-0.2, -0.15) is 8.42 Å². The number of ether oxygens (including phenoxy) is 2. The van der Waals surface area contributed by atoms with Gasteiger partial charge in [-0.15, -0.1) is 9.35 Å². The quantitative estimate of drug-likeness (QED) is 0.327. The van der Waals surface area contributed by atoms with E-state index in [1.54, 1.807) is 18.2 Å². The summed E-state index contributed by atoms with van der Waals surface area (Å²) in [5.74, 6) is -0.666. The van der Waals surface area contributed by atoms with E-state index < -0.39 is 21.9 Å². The highest BCUT2D eigenvalue weighted by molar-refractivity contribution is 7.86. The number of nitrogens with zero attached hydrogens (tertiary/aromatic N) is 1. The van der Waals surface area contributed by atoms with Crippen LogP contribution >= 0.6 is 0 Å². The van der Waals surface area contributed by atoms with Gasteiger partial charge in [0, 0.05) is 21.5 Å². The Balaban J connectivity index is 1.62. The summed E-state index contributed by atoms with van der Waals surface area (Å²) in [6, 6.07) is 17.7. The van der Waals surface area contributed by atoms with Crippen molar-refractivity contribution in [2.24, 2.45) is 0 Å². The molecule has 5 rings (SSSR count). The largest absolute Gasteiger partial charge is 0.495 e. The number of rotatable bonds is 5. The van der Waals surface area contributed by atoms with E-state index in [-0.39, 0.29) is 21.1 Å². The molecule has 1 heterocycles. The van der Waals surface area contributed by atoms with Gasteiger partial charge in [-0.3, -0.25) is 9.59 Å². The van der Waals surface area contributed by atoms with Gasteiger partial charge in [-0.25, -0.2) is 0 Å². The first-order chi connectivity index (χ1) is 15.9. The summed E-state index contributed by atoms with van der Waals surface area (Å²) < 4.78 is 42.3. The zero-order valence-corrected chi connectivity index (χ0v) is 18.4. The number of carbonyl (C=O) groups excluding carboxylic acids is 2. The molecule has 0 atom stereocenters. The first-order valence-corrected chi connectivity index (χ1v) is 11.3. The van der Waals surface area contributed by atoms with Crippen LogP contribution in [0, 0.1) is 0 Å². The third kappa shape index (κ3) is 3.12. The van der Waals surface area contributed by atoms with Gasteiger partial charge < -0.3 is 9.47 Å². The molecule has 1 aliphatic heterocycles. The number of imide groups is 1. The van der Waals surface area contributed by atoms with Crippen molar-refractivity contribution in [3.05, 3.63) is 77.9 Å². The maximum atomic E-state index is 13.1. The van der Waals surface area contributed by atoms with Crippen LogP contribution in [0.4, 0.5) is 0 Å². The van der Waals surface area contributed by atoms with E-state index in [1.165, 1.54) is 38.5 Å². The number of amides is 2. The first kappa shape index (κ1) is 20.9. The average Bonchev–Trinajstić information content (AvgIpc) is 3.06. The number of fused-ring (bicyclic) bond motifs is 3. The van der Waals surface area contributed by atoms with E-state index >= 15 is 0 Å². The van der Waals surface area contributed by atoms with E-state index in [4.69, 9.17) is 13.8 Å². The number of carbonyl (C=O) groups is 2. The lowest BCUT2D eigenvalue weighted by molar-refractivity contribution is -0.0103. The molecule has 0 saturated heterocycles. The van der Waals surface area contributed by atoms with Crippen LogP contribution in [0.5, 0.6) is 11.5 Å². The SMILES string of the molecule is COc1c2ccccc2c(OC)c2cc(S(=O)(=O)ON3C(=O)c4ccccc4C3=O)ccc12. The van der Waals surface area contributed by atoms with Crippen molar-refractivity contribution >= 4 is 43.5 Å². The molecular formula is C24H17NO7S. The van der Waals surface area contributed by atoms with E-state index in [0.29, 0.717) is 22.3 Å². The lowest BCUT2D eigenvalue weighted by Crippen LogP contribution is -2.32. The summed E-state index contributed by atoms with van der Waals surface area (Å²) in [6.45, 7) is 0. The summed E-state index contributed by atoms with van der Waals surface area (Å²) in [4.78, 5) is 24.8. The van der Waals surface area contributed by atoms with Gasteiger partial charge in [0.05, 0.1) is 30.2 Å². The molecule has 0 saturated carbocycles. The normalized spacial score (nSPS) is 13.6. The van der Waals surface area contributed by atoms with Crippen molar-refractivity contribution in [3.8, 4) is 11.5 Å². The minimum Gasteiger partial charge on any atom is -0.495 e. The molecule has 0 unspecified atom stereocenters.